The summed E-state index contributed by atoms with van der Waals surface area (Å²) in [5.74, 6) is -1.58. The first-order valence-corrected chi connectivity index (χ1v) is 13.9. The number of carbonyl (C=O) groups excluding carboxylic acids is 3. The number of non-ortho nitro benzene ring substituents is 1. The maximum Gasteiger partial charge on any atom is 0.276 e. The van der Waals surface area contributed by atoms with Crippen molar-refractivity contribution in [3.8, 4) is 0 Å². The number of hydrogen-bond donors (Lipinski definition) is 3. The first-order valence-electron chi connectivity index (χ1n) is 13.1. The molecule has 1 atom stereocenters. The van der Waals surface area contributed by atoms with E-state index < -0.39 is 26.9 Å². The minimum atomic E-state index is -0.705. The van der Waals surface area contributed by atoms with Crippen LogP contribution in [0.15, 0.2) is 114 Å². The van der Waals surface area contributed by atoms with Gasteiger partial charge in [-0.25, -0.2) is 0 Å². The van der Waals surface area contributed by atoms with E-state index in [-0.39, 0.29) is 28.5 Å². The number of amides is 3. The van der Waals surface area contributed by atoms with Gasteiger partial charge in [-0.05, 0) is 67.6 Å². The molecule has 0 bridgehead atoms. The summed E-state index contributed by atoms with van der Waals surface area (Å²) < 4.78 is 0. The van der Waals surface area contributed by atoms with E-state index >= 15 is 0 Å². The number of nitro benzene ring substituents is 2. The molecular weight excluding hydrogens is 586 g/mol. The third kappa shape index (κ3) is 8.36. The predicted octanol–water partition coefficient (Wildman–Crippen LogP) is 6.03. The molecule has 0 aliphatic carbocycles. The second-order valence-corrected chi connectivity index (χ2v) is 10.6. The summed E-state index contributed by atoms with van der Waals surface area (Å²) in [6.07, 6.45) is 1.24. The van der Waals surface area contributed by atoms with Crippen molar-refractivity contribution in [3.05, 3.63) is 140 Å². The number of rotatable bonds is 11. The highest BCUT2D eigenvalue weighted by atomic mass is 32.2. The molecule has 222 valence electrons. The van der Waals surface area contributed by atoms with Crippen molar-refractivity contribution in [2.45, 2.75) is 17.1 Å². The van der Waals surface area contributed by atoms with Crippen molar-refractivity contribution >= 4 is 58.3 Å². The van der Waals surface area contributed by atoms with E-state index in [1.807, 2.05) is 0 Å². The molecule has 0 aliphatic heterocycles. The van der Waals surface area contributed by atoms with Crippen LogP contribution in [0.2, 0.25) is 0 Å². The predicted molar refractivity (Wildman–Crippen MR) is 167 cm³/mol. The fraction of sp³-hybridized carbons (Fsp3) is 0.0645. The number of thioether (sulfide) groups is 1. The lowest BCUT2D eigenvalue weighted by atomic mass is 10.1. The van der Waals surface area contributed by atoms with Crippen LogP contribution in [-0.4, -0.2) is 32.8 Å². The molecule has 0 radical (unpaired) electrons. The summed E-state index contributed by atoms with van der Waals surface area (Å²) in [5.41, 5.74) is 0.703. The zero-order valence-electron chi connectivity index (χ0n) is 23.1. The van der Waals surface area contributed by atoms with Gasteiger partial charge in [-0.3, -0.25) is 34.6 Å². The Balaban J connectivity index is 1.45. The lowest BCUT2D eigenvalue weighted by Gasteiger charge is -2.13. The van der Waals surface area contributed by atoms with Gasteiger partial charge >= 0.3 is 0 Å². The van der Waals surface area contributed by atoms with Gasteiger partial charge in [0.25, 0.3) is 23.2 Å². The SMILES string of the molecule is CC(Sc1ccc(NC(=O)/C(=C/c2ccccc2[N+](=O)[O-])NC(=O)c2ccccc2)cc1)C(=O)Nc1ccc([N+](=O)[O-])cc1. The van der Waals surface area contributed by atoms with Crippen LogP contribution in [0.25, 0.3) is 6.08 Å². The maximum absolute atomic E-state index is 13.3. The topological polar surface area (TPSA) is 174 Å². The number of anilines is 2. The molecule has 13 heteroatoms. The number of para-hydroxylation sites is 1. The standard InChI is InChI=1S/C31H25N5O7S/c1-20(29(37)32-23-11-15-25(16-12-23)35(40)41)44-26-17-13-24(14-18-26)33-31(39)27(34-30(38)21-7-3-2-4-8-21)19-22-9-5-6-10-28(22)36(42)43/h2-20H,1H3,(H,32,37)(H,33,39)(H,34,38)/b27-19-. The van der Waals surface area contributed by atoms with E-state index in [4.69, 9.17) is 0 Å². The van der Waals surface area contributed by atoms with Gasteiger partial charge < -0.3 is 16.0 Å². The van der Waals surface area contributed by atoms with E-state index in [0.717, 1.165) is 4.90 Å². The largest absolute Gasteiger partial charge is 0.325 e. The maximum atomic E-state index is 13.3. The number of carbonyl (C=O) groups is 3. The lowest BCUT2D eigenvalue weighted by Crippen LogP contribution is -2.30. The van der Waals surface area contributed by atoms with E-state index in [2.05, 4.69) is 16.0 Å². The smallest absolute Gasteiger partial charge is 0.276 e. The summed E-state index contributed by atoms with van der Waals surface area (Å²) in [7, 11) is 0. The fourth-order valence-corrected chi connectivity index (χ4v) is 4.72. The number of nitrogens with one attached hydrogen (secondary N) is 3. The molecule has 44 heavy (non-hydrogen) atoms. The van der Waals surface area contributed by atoms with Gasteiger partial charge in [0.15, 0.2) is 0 Å². The quantitative estimate of drug-likeness (QED) is 0.0797. The Morgan fingerprint density at radius 1 is 0.750 bits per heavy atom. The minimum Gasteiger partial charge on any atom is -0.325 e. The van der Waals surface area contributed by atoms with Crippen molar-refractivity contribution in [3.63, 3.8) is 0 Å². The van der Waals surface area contributed by atoms with Crippen LogP contribution < -0.4 is 16.0 Å². The molecule has 0 spiro atoms. The molecule has 3 amide bonds. The van der Waals surface area contributed by atoms with Gasteiger partial charge in [-0.15, -0.1) is 11.8 Å². The molecule has 3 N–H and O–H groups in total. The van der Waals surface area contributed by atoms with E-state index in [0.29, 0.717) is 16.9 Å². The molecule has 4 rings (SSSR count). The summed E-state index contributed by atoms with van der Waals surface area (Å²) in [5, 5.41) is 29.8. The first kappa shape index (κ1) is 31.1. The van der Waals surface area contributed by atoms with Crippen molar-refractivity contribution in [2.75, 3.05) is 10.6 Å². The van der Waals surface area contributed by atoms with Gasteiger partial charge in [-0.2, -0.15) is 0 Å². The van der Waals surface area contributed by atoms with Crippen LogP contribution in [0.4, 0.5) is 22.7 Å². The highest BCUT2D eigenvalue weighted by Gasteiger charge is 2.19. The summed E-state index contributed by atoms with van der Waals surface area (Å²) in [4.78, 5) is 60.7. The molecule has 0 heterocycles. The number of benzene rings is 4. The molecule has 1 unspecified atom stereocenters. The molecule has 4 aromatic rings. The van der Waals surface area contributed by atoms with Crippen molar-refractivity contribution in [1.29, 1.82) is 0 Å². The number of nitrogens with zero attached hydrogens (tertiary/aromatic N) is 2. The Bertz CT molecular complexity index is 1730. The molecule has 0 fully saturated rings. The van der Waals surface area contributed by atoms with Crippen LogP contribution in [-0.2, 0) is 9.59 Å². The van der Waals surface area contributed by atoms with Gasteiger partial charge in [-0.1, -0.05) is 30.3 Å². The third-order valence-electron chi connectivity index (χ3n) is 6.10. The summed E-state index contributed by atoms with van der Waals surface area (Å²) >= 11 is 1.26. The molecule has 0 aromatic heterocycles. The Kier molecular flexibility index (Phi) is 10.2. The Hall–Kier alpha value is -5.82. The molecule has 0 saturated carbocycles. The summed E-state index contributed by atoms with van der Waals surface area (Å²) in [6, 6.07) is 26.2. The average Bonchev–Trinajstić information content (AvgIpc) is 3.02. The molecular formula is C31H25N5O7S. The number of nitro groups is 2. The Morgan fingerprint density at radius 3 is 1.98 bits per heavy atom. The van der Waals surface area contributed by atoms with Crippen LogP contribution in [0.5, 0.6) is 0 Å². The zero-order valence-corrected chi connectivity index (χ0v) is 23.9. The average molecular weight is 612 g/mol. The highest BCUT2D eigenvalue weighted by molar-refractivity contribution is 8.00. The normalized spacial score (nSPS) is 11.6. The van der Waals surface area contributed by atoms with Crippen LogP contribution in [0, 0.1) is 20.2 Å². The summed E-state index contributed by atoms with van der Waals surface area (Å²) in [6.45, 7) is 1.70. The Morgan fingerprint density at radius 2 is 1.34 bits per heavy atom. The molecule has 0 aliphatic rings. The number of hydrogen-bond acceptors (Lipinski definition) is 8. The van der Waals surface area contributed by atoms with Crippen molar-refractivity contribution < 1.29 is 24.2 Å². The minimum absolute atomic E-state index is 0.0832. The van der Waals surface area contributed by atoms with Gasteiger partial charge in [0.05, 0.1) is 20.7 Å². The van der Waals surface area contributed by atoms with E-state index in [1.54, 1.807) is 67.6 Å². The highest BCUT2D eigenvalue weighted by Crippen LogP contribution is 2.27. The van der Waals surface area contributed by atoms with E-state index in [1.165, 1.54) is 60.3 Å². The molecule has 12 nitrogen and oxygen atoms in total. The second-order valence-electron chi connectivity index (χ2n) is 9.23. The van der Waals surface area contributed by atoms with Crippen molar-refractivity contribution in [2.24, 2.45) is 0 Å². The monoisotopic (exact) mass is 611 g/mol. The fourth-order valence-electron chi connectivity index (χ4n) is 3.86. The van der Waals surface area contributed by atoms with Crippen molar-refractivity contribution in [1.82, 2.24) is 5.32 Å². The van der Waals surface area contributed by atoms with Gasteiger partial charge in [0.1, 0.15) is 5.70 Å². The third-order valence-corrected chi connectivity index (χ3v) is 7.21. The van der Waals surface area contributed by atoms with Gasteiger partial charge in [0, 0.05) is 40.0 Å². The van der Waals surface area contributed by atoms with Crippen LogP contribution in [0.3, 0.4) is 0 Å². The molecule has 4 aromatic carbocycles. The van der Waals surface area contributed by atoms with E-state index in [9.17, 15) is 34.6 Å². The molecule has 0 saturated heterocycles. The van der Waals surface area contributed by atoms with Crippen LogP contribution in [0.1, 0.15) is 22.8 Å². The first-order chi connectivity index (χ1) is 21.1. The Labute approximate surface area is 255 Å². The zero-order chi connectivity index (χ0) is 31.6. The van der Waals surface area contributed by atoms with Gasteiger partial charge in [0.2, 0.25) is 5.91 Å². The second kappa shape index (κ2) is 14.4. The van der Waals surface area contributed by atoms with Crippen LogP contribution >= 0.6 is 11.8 Å². The lowest BCUT2D eigenvalue weighted by molar-refractivity contribution is -0.385.